The number of hydrogen-bond donors (Lipinski definition) is 2. The van der Waals surface area contributed by atoms with E-state index >= 15 is 0 Å². The minimum atomic E-state index is -3.63. The zero-order valence-electron chi connectivity index (χ0n) is 9.36. The van der Waals surface area contributed by atoms with Gasteiger partial charge in [0.25, 0.3) is 5.97 Å². The van der Waals surface area contributed by atoms with E-state index in [1.807, 2.05) is 13.8 Å². The van der Waals surface area contributed by atoms with Crippen LogP contribution in [-0.4, -0.2) is 37.6 Å². The van der Waals surface area contributed by atoms with Gasteiger partial charge in [0.15, 0.2) is 0 Å². The van der Waals surface area contributed by atoms with E-state index in [4.69, 9.17) is 13.9 Å². The van der Waals surface area contributed by atoms with E-state index < -0.39 is 14.8 Å². The molecule has 2 N–H and O–H groups in total. The Morgan fingerprint density at radius 1 is 1.27 bits per heavy atom. The summed E-state index contributed by atoms with van der Waals surface area (Å²) in [5, 5.41) is 0. The molecule has 1 rings (SSSR count). The minimum absolute atomic E-state index is 0.265. The first kappa shape index (κ1) is 13.1. The molecule has 0 saturated carbocycles. The average molecular weight is 236 g/mol. The van der Waals surface area contributed by atoms with E-state index in [9.17, 15) is 9.59 Å². The second-order valence-corrected chi connectivity index (χ2v) is 5.87. The predicted octanol–water partition coefficient (Wildman–Crippen LogP) is 0.837. The molecule has 1 saturated heterocycles. The van der Waals surface area contributed by atoms with Gasteiger partial charge in [-0.1, -0.05) is 20.3 Å². The summed E-state index contributed by atoms with van der Waals surface area (Å²) in [7, 11) is -3.63. The zero-order valence-corrected chi connectivity index (χ0v) is 10.4. The summed E-state index contributed by atoms with van der Waals surface area (Å²) in [6.45, 7) is 4.77. The molecule has 0 aromatic carbocycles. The summed E-state index contributed by atoms with van der Waals surface area (Å²) < 4.78 is 16.0. The third kappa shape index (κ3) is 3.82. The quantitative estimate of drug-likeness (QED) is 0.692. The summed E-state index contributed by atoms with van der Waals surface area (Å²) in [5.74, 6) is -1.23. The van der Waals surface area contributed by atoms with Crippen molar-refractivity contribution in [2.45, 2.75) is 45.1 Å². The van der Waals surface area contributed by atoms with Crippen LogP contribution in [0, 0.1) is 0 Å². The molecule has 1 heterocycles. The highest BCUT2D eigenvalue weighted by molar-refractivity contribution is 6.57. The molecule has 0 amide bonds. The molecule has 0 atom stereocenters. The lowest BCUT2D eigenvalue weighted by Gasteiger charge is -2.38. The van der Waals surface area contributed by atoms with Gasteiger partial charge in [0.1, 0.15) is 0 Å². The Bertz CT molecular complexity index is 191. The van der Waals surface area contributed by atoms with Gasteiger partial charge >= 0.3 is 8.80 Å². The molecule has 5 nitrogen and oxygen atoms in total. The number of hydrogen-bond acceptors (Lipinski definition) is 5. The molecule has 1 fully saturated rings. The lowest BCUT2D eigenvalue weighted by Crippen LogP contribution is -2.53. The monoisotopic (exact) mass is 236 g/mol. The summed E-state index contributed by atoms with van der Waals surface area (Å²) in [6, 6.07) is 0.265. The molecule has 90 valence electrons. The van der Waals surface area contributed by atoms with Crippen LogP contribution in [0.5, 0.6) is 0 Å². The van der Waals surface area contributed by atoms with Gasteiger partial charge in [-0.2, -0.15) is 0 Å². The molecule has 0 radical (unpaired) electrons. The molecule has 0 aromatic heterocycles. The maximum absolute atomic E-state index is 9.68. The molecule has 0 aliphatic carbocycles. The maximum atomic E-state index is 9.68. The molecule has 1 aliphatic heterocycles. The Hall–Kier alpha value is 0.0169. The van der Waals surface area contributed by atoms with Gasteiger partial charge in [-0.15, -0.1) is 0 Å². The maximum Gasteiger partial charge on any atom is 0.499 e. The summed E-state index contributed by atoms with van der Waals surface area (Å²) in [6.07, 6.45) is 1.93. The van der Waals surface area contributed by atoms with Crippen LogP contribution >= 0.6 is 0 Å². The van der Waals surface area contributed by atoms with Crippen LogP contribution in [0.2, 0.25) is 6.04 Å². The van der Waals surface area contributed by atoms with Crippen LogP contribution in [-0.2, 0) is 13.9 Å². The Morgan fingerprint density at radius 2 is 1.87 bits per heavy atom. The van der Waals surface area contributed by atoms with Crippen LogP contribution in [0.3, 0.4) is 0 Å². The van der Waals surface area contributed by atoms with E-state index in [0.717, 1.165) is 6.42 Å². The van der Waals surface area contributed by atoms with E-state index in [0.29, 0.717) is 26.1 Å². The predicted molar refractivity (Wildman–Crippen MR) is 55.9 cm³/mol. The van der Waals surface area contributed by atoms with Crippen molar-refractivity contribution in [3.05, 3.63) is 0 Å². The van der Waals surface area contributed by atoms with Gasteiger partial charge in [-0.05, 0) is 6.42 Å². The third-order valence-corrected chi connectivity index (χ3v) is 4.05. The summed E-state index contributed by atoms with van der Waals surface area (Å²) >= 11 is 0. The van der Waals surface area contributed by atoms with Crippen molar-refractivity contribution in [3.63, 3.8) is 0 Å². The molecular formula is C9H20O5Si. The highest BCUT2D eigenvalue weighted by Crippen LogP contribution is 2.27. The lowest BCUT2D eigenvalue weighted by molar-refractivity contribution is -0.378. The average Bonchev–Trinajstić information content (AvgIpc) is 2.18. The van der Waals surface area contributed by atoms with E-state index in [1.54, 1.807) is 0 Å². The second-order valence-electron chi connectivity index (χ2n) is 3.68. The first-order chi connectivity index (χ1) is 7.04. The fraction of sp³-hybridized carbons (Fsp3) is 1.00. The Labute approximate surface area is 91.3 Å². The van der Waals surface area contributed by atoms with Gasteiger partial charge in [0, 0.05) is 12.5 Å². The fourth-order valence-electron chi connectivity index (χ4n) is 1.52. The minimum Gasteiger partial charge on any atom is -0.390 e. The topological polar surface area (TPSA) is 68.2 Å². The van der Waals surface area contributed by atoms with Crippen LogP contribution < -0.4 is 0 Å². The SMILES string of the molecule is CCC[Si](O)(O)OC1(CC)OCCCO1. The lowest BCUT2D eigenvalue weighted by atomic mass is 10.3. The summed E-state index contributed by atoms with van der Waals surface area (Å²) in [4.78, 5) is 19.4. The van der Waals surface area contributed by atoms with E-state index in [-0.39, 0.29) is 6.04 Å². The van der Waals surface area contributed by atoms with Crippen molar-refractivity contribution in [2.24, 2.45) is 0 Å². The molecule has 0 unspecified atom stereocenters. The van der Waals surface area contributed by atoms with Crippen molar-refractivity contribution < 1.29 is 23.5 Å². The van der Waals surface area contributed by atoms with Gasteiger partial charge in [0.2, 0.25) is 0 Å². The smallest absolute Gasteiger partial charge is 0.390 e. The first-order valence-electron chi connectivity index (χ1n) is 5.46. The van der Waals surface area contributed by atoms with Crippen molar-refractivity contribution in [2.75, 3.05) is 13.2 Å². The number of rotatable bonds is 5. The molecule has 6 heteroatoms. The highest BCUT2D eigenvalue weighted by atomic mass is 28.4. The van der Waals surface area contributed by atoms with E-state index in [1.165, 1.54) is 0 Å². The second kappa shape index (κ2) is 5.38. The van der Waals surface area contributed by atoms with Gasteiger partial charge < -0.3 is 23.5 Å². The highest BCUT2D eigenvalue weighted by Gasteiger charge is 2.45. The van der Waals surface area contributed by atoms with Crippen LogP contribution in [0.25, 0.3) is 0 Å². The number of ether oxygens (including phenoxy) is 2. The van der Waals surface area contributed by atoms with E-state index in [2.05, 4.69) is 0 Å². The van der Waals surface area contributed by atoms with Gasteiger partial charge in [-0.25, -0.2) is 0 Å². The fourth-order valence-corrected chi connectivity index (χ4v) is 3.03. The first-order valence-corrected chi connectivity index (χ1v) is 7.47. The molecule has 0 aromatic rings. The molecule has 15 heavy (non-hydrogen) atoms. The molecule has 0 spiro atoms. The Kier molecular flexibility index (Phi) is 4.69. The Morgan fingerprint density at radius 3 is 2.33 bits per heavy atom. The van der Waals surface area contributed by atoms with Crippen LogP contribution in [0.1, 0.15) is 33.1 Å². The van der Waals surface area contributed by atoms with Gasteiger partial charge in [0.05, 0.1) is 13.2 Å². The van der Waals surface area contributed by atoms with Crippen molar-refractivity contribution >= 4 is 8.80 Å². The normalized spacial score (nSPS) is 21.6. The molecular weight excluding hydrogens is 216 g/mol. The van der Waals surface area contributed by atoms with Crippen molar-refractivity contribution in [3.8, 4) is 0 Å². The Balaban J connectivity index is 2.58. The summed E-state index contributed by atoms with van der Waals surface area (Å²) in [5.41, 5.74) is 0. The van der Waals surface area contributed by atoms with Crippen molar-refractivity contribution in [1.82, 2.24) is 0 Å². The van der Waals surface area contributed by atoms with Crippen LogP contribution in [0.15, 0.2) is 0 Å². The molecule has 0 bridgehead atoms. The standard InChI is InChI=1S/C9H20O5Si/c1-3-8-15(10,11)14-9(4-2)12-6-5-7-13-9/h10-11H,3-8H2,1-2H3. The largest absolute Gasteiger partial charge is 0.499 e. The van der Waals surface area contributed by atoms with Crippen LogP contribution in [0.4, 0.5) is 0 Å². The zero-order chi connectivity index (χ0) is 11.4. The molecule has 1 aliphatic rings. The van der Waals surface area contributed by atoms with Crippen molar-refractivity contribution in [1.29, 1.82) is 0 Å². The van der Waals surface area contributed by atoms with Gasteiger partial charge in [-0.3, -0.25) is 0 Å². The third-order valence-electron chi connectivity index (χ3n) is 2.26.